The van der Waals surface area contributed by atoms with E-state index < -0.39 is 21.4 Å². The van der Waals surface area contributed by atoms with E-state index in [1.807, 2.05) is 17.0 Å². The van der Waals surface area contributed by atoms with Crippen molar-refractivity contribution in [3.63, 3.8) is 0 Å². The van der Waals surface area contributed by atoms with Crippen molar-refractivity contribution in [1.29, 1.82) is 0 Å². The predicted octanol–water partition coefficient (Wildman–Crippen LogP) is -0.176. The number of benzene rings is 1. The standard InChI is InChI=1S/C17H23N3O5S/c1-18-15(21)13-5-3-12(4-6-13)7-19-8-14-9-20(26(2,24)25)11-17(14,10-19)16(22)23/h3-6,14H,7-11H2,1-2H3,(H,18,21)(H,22,23)/t14-,17-/m1/s1. The van der Waals surface area contributed by atoms with Crippen molar-refractivity contribution < 1.29 is 23.1 Å². The van der Waals surface area contributed by atoms with Crippen LogP contribution in [0.15, 0.2) is 24.3 Å². The molecule has 2 saturated heterocycles. The molecule has 0 bridgehead atoms. The molecule has 2 N–H and O–H groups in total. The van der Waals surface area contributed by atoms with Crippen LogP contribution < -0.4 is 5.32 Å². The third-order valence-corrected chi connectivity index (χ3v) is 6.61. The van der Waals surface area contributed by atoms with Gasteiger partial charge in [-0.05, 0) is 17.7 Å². The molecule has 1 amide bonds. The van der Waals surface area contributed by atoms with Gasteiger partial charge in [0.05, 0.1) is 11.7 Å². The molecule has 0 aliphatic carbocycles. The molecule has 0 spiro atoms. The summed E-state index contributed by atoms with van der Waals surface area (Å²) >= 11 is 0. The van der Waals surface area contributed by atoms with Crippen LogP contribution in [0.3, 0.4) is 0 Å². The minimum atomic E-state index is -3.39. The smallest absolute Gasteiger partial charge is 0.312 e. The lowest BCUT2D eigenvalue weighted by Gasteiger charge is -2.24. The summed E-state index contributed by atoms with van der Waals surface area (Å²) in [6.45, 7) is 1.69. The molecule has 9 heteroatoms. The number of amides is 1. The molecule has 2 aliphatic rings. The fourth-order valence-corrected chi connectivity index (χ4v) is 4.88. The van der Waals surface area contributed by atoms with E-state index in [9.17, 15) is 23.1 Å². The van der Waals surface area contributed by atoms with Crippen LogP contribution >= 0.6 is 0 Å². The number of rotatable bonds is 5. The van der Waals surface area contributed by atoms with Crippen LogP contribution in [0.5, 0.6) is 0 Å². The molecule has 8 nitrogen and oxygen atoms in total. The van der Waals surface area contributed by atoms with Crippen LogP contribution in [0, 0.1) is 11.3 Å². The van der Waals surface area contributed by atoms with Crippen molar-refractivity contribution in [2.45, 2.75) is 6.54 Å². The van der Waals surface area contributed by atoms with E-state index in [-0.39, 0.29) is 24.9 Å². The summed E-state index contributed by atoms with van der Waals surface area (Å²) in [5.74, 6) is -1.32. The Hall–Kier alpha value is -1.97. The largest absolute Gasteiger partial charge is 0.481 e. The first-order valence-electron chi connectivity index (χ1n) is 8.37. The third kappa shape index (κ3) is 3.34. The molecule has 0 unspecified atom stereocenters. The van der Waals surface area contributed by atoms with Crippen molar-refractivity contribution in [3.05, 3.63) is 35.4 Å². The second-order valence-electron chi connectivity index (χ2n) is 7.16. The van der Waals surface area contributed by atoms with E-state index in [0.717, 1.165) is 11.8 Å². The zero-order valence-electron chi connectivity index (χ0n) is 14.8. The van der Waals surface area contributed by atoms with Crippen LogP contribution in [0.1, 0.15) is 15.9 Å². The van der Waals surface area contributed by atoms with Gasteiger partial charge < -0.3 is 10.4 Å². The third-order valence-electron chi connectivity index (χ3n) is 5.39. The van der Waals surface area contributed by atoms with E-state index in [2.05, 4.69) is 5.32 Å². The maximum absolute atomic E-state index is 11.9. The van der Waals surface area contributed by atoms with E-state index in [1.165, 1.54) is 4.31 Å². The highest BCUT2D eigenvalue weighted by molar-refractivity contribution is 7.88. The predicted molar refractivity (Wildman–Crippen MR) is 95.1 cm³/mol. The number of hydrogen-bond acceptors (Lipinski definition) is 5. The zero-order valence-corrected chi connectivity index (χ0v) is 15.6. The molecule has 142 valence electrons. The SMILES string of the molecule is CNC(=O)c1ccc(CN2C[C@@H]3CN(S(C)(=O)=O)C[C@]3(C(=O)O)C2)cc1. The number of aliphatic carboxylic acids is 1. The van der Waals surface area contributed by atoms with E-state index in [4.69, 9.17) is 0 Å². The van der Waals surface area contributed by atoms with E-state index >= 15 is 0 Å². The zero-order chi connectivity index (χ0) is 19.1. The number of sulfonamides is 1. The van der Waals surface area contributed by atoms with Crippen molar-refractivity contribution >= 4 is 21.9 Å². The van der Waals surface area contributed by atoms with Gasteiger partial charge in [-0.3, -0.25) is 14.5 Å². The first-order valence-corrected chi connectivity index (χ1v) is 10.2. The van der Waals surface area contributed by atoms with Crippen molar-refractivity contribution in [2.24, 2.45) is 11.3 Å². The Kier molecular flexibility index (Phi) is 4.80. The molecule has 2 aliphatic heterocycles. The molecular weight excluding hydrogens is 358 g/mol. The van der Waals surface area contributed by atoms with Crippen LogP contribution in [0.4, 0.5) is 0 Å². The Morgan fingerprint density at radius 1 is 1.23 bits per heavy atom. The number of carbonyl (C=O) groups excluding carboxylic acids is 1. The molecule has 0 saturated carbocycles. The monoisotopic (exact) mass is 381 g/mol. The quantitative estimate of drug-likeness (QED) is 0.733. The molecule has 2 heterocycles. The number of nitrogens with one attached hydrogen (secondary N) is 1. The van der Waals surface area contributed by atoms with Gasteiger partial charge in [-0.2, -0.15) is 0 Å². The second-order valence-corrected chi connectivity index (χ2v) is 9.14. The summed E-state index contributed by atoms with van der Waals surface area (Å²) < 4.78 is 24.9. The summed E-state index contributed by atoms with van der Waals surface area (Å²) in [6.07, 6.45) is 1.12. The highest BCUT2D eigenvalue weighted by Gasteiger charge is 2.58. The fraction of sp³-hybridized carbons (Fsp3) is 0.529. The van der Waals surface area contributed by atoms with Gasteiger partial charge in [-0.1, -0.05) is 12.1 Å². The Morgan fingerprint density at radius 2 is 1.88 bits per heavy atom. The molecule has 0 radical (unpaired) electrons. The van der Waals surface area contributed by atoms with Gasteiger partial charge >= 0.3 is 5.97 Å². The van der Waals surface area contributed by atoms with Gasteiger partial charge in [0.2, 0.25) is 10.0 Å². The molecule has 1 aromatic carbocycles. The first kappa shape index (κ1) is 18.8. The fourth-order valence-electron chi connectivity index (χ4n) is 3.96. The van der Waals surface area contributed by atoms with E-state index in [0.29, 0.717) is 25.2 Å². The highest BCUT2D eigenvalue weighted by Crippen LogP contribution is 2.44. The normalized spacial score (nSPS) is 26.6. The first-order chi connectivity index (χ1) is 12.2. The topological polar surface area (TPSA) is 107 Å². The molecule has 1 aromatic rings. The Bertz CT molecular complexity index is 823. The minimum absolute atomic E-state index is 0.0257. The average Bonchev–Trinajstić information content (AvgIpc) is 3.09. The van der Waals surface area contributed by atoms with E-state index in [1.54, 1.807) is 19.2 Å². The summed E-state index contributed by atoms with van der Waals surface area (Å²) in [5.41, 5.74) is 0.504. The number of likely N-dealkylation sites (tertiary alicyclic amines) is 1. The Morgan fingerprint density at radius 3 is 2.38 bits per heavy atom. The van der Waals surface area contributed by atoms with Gasteiger partial charge in [0.15, 0.2) is 0 Å². The number of hydrogen-bond donors (Lipinski definition) is 2. The lowest BCUT2D eigenvalue weighted by atomic mass is 9.81. The minimum Gasteiger partial charge on any atom is -0.481 e. The summed E-state index contributed by atoms with van der Waals surface area (Å²) in [5, 5.41) is 12.3. The highest BCUT2D eigenvalue weighted by atomic mass is 32.2. The molecule has 2 atom stereocenters. The second kappa shape index (κ2) is 6.64. The lowest BCUT2D eigenvalue weighted by molar-refractivity contribution is -0.148. The Balaban J connectivity index is 1.72. The summed E-state index contributed by atoms with van der Waals surface area (Å²) in [6, 6.07) is 7.19. The number of carboxylic acid groups (broad SMARTS) is 1. The lowest BCUT2D eigenvalue weighted by Crippen LogP contribution is -2.41. The van der Waals surface area contributed by atoms with Crippen molar-refractivity contribution in [2.75, 3.05) is 39.5 Å². The van der Waals surface area contributed by atoms with Crippen LogP contribution in [0.2, 0.25) is 0 Å². The number of nitrogens with zero attached hydrogens (tertiary/aromatic N) is 2. The molecule has 3 rings (SSSR count). The molecule has 2 fully saturated rings. The van der Waals surface area contributed by atoms with Gasteiger partial charge in [0.1, 0.15) is 0 Å². The molecule has 26 heavy (non-hydrogen) atoms. The average molecular weight is 381 g/mol. The number of carboxylic acids is 1. The number of carbonyl (C=O) groups is 2. The van der Waals surface area contributed by atoms with Gasteiger partial charge in [0.25, 0.3) is 5.91 Å². The Labute approximate surface area is 152 Å². The van der Waals surface area contributed by atoms with Crippen molar-refractivity contribution in [3.8, 4) is 0 Å². The van der Waals surface area contributed by atoms with Gasteiger partial charge in [-0.15, -0.1) is 0 Å². The maximum Gasteiger partial charge on any atom is 0.312 e. The molecular formula is C17H23N3O5S. The van der Waals surface area contributed by atoms with Gasteiger partial charge in [0, 0.05) is 51.3 Å². The summed E-state index contributed by atoms with van der Waals surface area (Å²) in [4.78, 5) is 25.6. The van der Waals surface area contributed by atoms with Crippen LogP contribution in [-0.2, 0) is 21.4 Å². The molecule has 0 aromatic heterocycles. The number of fused-ring (bicyclic) bond motifs is 1. The van der Waals surface area contributed by atoms with Crippen LogP contribution in [0.25, 0.3) is 0 Å². The van der Waals surface area contributed by atoms with Gasteiger partial charge in [-0.25, -0.2) is 12.7 Å². The van der Waals surface area contributed by atoms with Crippen molar-refractivity contribution in [1.82, 2.24) is 14.5 Å². The maximum atomic E-state index is 11.9. The summed E-state index contributed by atoms with van der Waals surface area (Å²) in [7, 11) is -1.82. The van der Waals surface area contributed by atoms with Crippen LogP contribution in [-0.4, -0.2) is 74.1 Å².